The van der Waals surface area contributed by atoms with Gasteiger partial charge in [-0.15, -0.1) is 12.4 Å². The van der Waals surface area contributed by atoms with E-state index < -0.39 is 29.9 Å². The Labute approximate surface area is 148 Å². The second-order valence-corrected chi connectivity index (χ2v) is 8.24. The van der Waals surface area contributed by atoms with Gasteiger partial charge in [0.15, 0.2) is 5.03 Å². The number of nitrogens with one attached hydrogen (secondary N) is 1. The van der Waals surface area contributed by atoms with E-state index in [9.17, 15) is 21.4 Å². The molecule has 0 fully saturated rings. The zero-order chi connectivity index (χ0) is 16.8. The third kappa shape index (κ3) is 3.13. The van der Waals surface area contributed by atoms with Crippen LogP contribution < -0.4 is 0 Å². The molecular formula is C13H10Cl2N2O5S2. The van der Waals surface area contributed by atoms with Gasteiger partial charge in [-0.05, 0) is 24.3 Å². The summed E-state index contributed by atoms with van der Waals surface area (Å²) in [4.78, 5) is 5.40. The smallest absolute Gasteiger partial charge is 0.298 e. The zero-order valence-electron chi connectivity index (χ0n) is 11.7. The number of rotatable bonds is 3. The van der Waals surface area contributed by atoms with Crippen LogP contribution in [0.1, 0.15) is 0 Å². The van der Waals surface area contributed by atoms with Crippen molar-refractivity contribution in [3.63, 3.8) is 0 Å². The molecule has 2 N–H and O–H groups in total. The average molecular weight is 409 g/mol. The molecule has 0 saturated carbocycles. The van der Waals surface area contributed by atoms with Gasteiger partial charge in [0.25, 0.3) is 10.1 Å². The van der Waals surface area contributed by atoms with Crippen LogP contribution in [-0.4, -0.2) is 31.4 Å². The molecule has 7 nitrogen and oxygen atoms in total. The molecule has 0 radical (unpaired) electrons. The number of hydrogen-bond donors (Lipinski definition) is 2. The van der Waals surface area contributed by atoms with E-state index in [2.05, 4.69) is 9.97 Å². The third-order valence-corrected chi connectivity index (χ3v) is 6.14. The van der Waals surface area contributed by atoms with Gasteiger partial charge in [-0.25, -0.2) is 13.4 Å². The van der Waals surface area contributed by atoms with Crippen molar-refractivity contribution in [2.24, 2.45) is 0 Å². The predicted molar refractivity (Wildman–Crippen MR) is 90.1 cm³/mol. The summed E-state index contributed by atoms with van der Waals surface area (Å²) in [5.41, 5.74) is -0.0559. The Bertz CT molecular complexity index is 1110. The lowest BCUT2D eigenvalue weighted by Crippen LogP contribution is -2.08. The molecule has 0 atom stereocenters. The molecule has 0 aliphatic heterocycles. The molecular weight excluding hydrogens is 399 g/mol. The number of sulfone groups is 1. The van der Waals surface area contributed by atoms with Gasteiger partial charge in [-0.2, -0.15) is 8.42 Å². The van der Waals surface area contributed by atoms with Crippen molar-refractivity contribution >= 4 is 55.0 Å². The SMILES string of the molecule is Cl.O=S(=O)(O)c1c(S(=O)(=O)c2ccccc2)[nH]c2nc(Cl)ccc12. The zero-order valence-corrected chi connectivity index (χ0v) is 14.9. The minimum absolute atomic E-state index is 0. The summed E-state index contributed by atoms with van der Waals surface area (Å²) in [5.74, 6) is 0. The second-order valence-electron chi connectivity index (χ2n) is 4.60. The number of hydrogen-bond acceptors (Lipinski definition) is 5. The highest BCUT2D eigenvalue weighted by Gasteiger charge is 2.32. The molecule has 2 heterocycles. The number of pyridine rings is 1. The van der Waals surface area contributed by atoms with Crippen molar-refractivity contribution in [3.05, 3.63) is 47.6 Å². The maximum Gasteiger partial charge on any atom is 0.298 e. The summed E-state index contributed by atoms with van der Waals surface area (Å²) in [6, 6.07) is 9.81. The molecule has 0 bridgehead atoms. The van der Waals surface area contributed by atoms with Gasteiger partial charge in [0, 0.05) is 5.39 Å². The largest absolute Gasteiger partial charge is 0.329 e. The molecule has 0 saturated heterocycles. The number of fused-ring (bicyclic) bond motifs is 1. The Morgan fingerprint density at radius 1 is 1.00 bits per heavy atom. The molecule has 0 amide bonds. The van der Waals surface area contributed by atoms with Crippen LogP contribution >= 0.6 is 24.0 Å². The van der Waals surface area contributed by atoms with Crippen molar-refractivity contribution < 1.29 is 21.4 Å². The van der Waals surface area contributed by atoms with E-state index in [1.54, 1.807) is 6.07 Å². The summed E-state index contributed by atoms with van der Waals surface area (Å²) in [6.07, 6.45) is 0. The van der Waals surface area contributed by atoms with E-state index in [1.807, 2.05) is 0 Å². The molecule has 24 heavy (non-hydrogen) atoms. The highest BCUT2D eigenvalue weighted by Crippen LogP contribution is 2.33. The molecule has 0 aliphatic rings. The van der Waals surface area contributed by atoms with Gasteiger partial charge >= 0.3 is 0 Å². The van der Waals surface area contributed by atoms with E-state index >= 15 is 0 Å². The quantitative estimate of drug-likeness (QED) is 0.508. The Hall–Kier alpha value is -1.65. The molecule has 1 aromatic carbocycles. The number of H-pyrrole nitrogens is 1. The normalized spacial score (nSPS) is 12.1. The van der Waals surface area contributed by atoms with Crippen molar-refractivity contribution in [2.75, 3.05) is 0 Å². The van der Waals surface area contributed by atoms with Crippen LogP contribution in [0.2, 0.25) is 5.15 Å². The van der Waals surface area contributed by atoms with Gasteiger partial charge in [0.05, 0.1) is 4.90 Å². The van der Waals surface area contributed by atoms with Crippen LogP contribution in [0.5, 0.6) is 0 Å². The lowest BCUT2D eigenvalue weighted by molar-refractivity contribution is 0.480. The fourth-order valence-electron chi connectivity index (χ4n) is 2.16. The number of aromatic amines is 1. The van der Waals surface area contributed by atoms with E-state index in [1.165, 1.54) is 36.4 Å². The summed E-state index contributed by atoms with van der Waals surface area (Å²) in [6.45, 7) is 0. The van der Waals surface area contributed by atoms with Crippen molar-refractivity contribution in [2.45, 2.75) is 14.8 Å². The standard InChI is InChI=1S/C13H9ClN2O5S2.ClH/c14-10-7-6-9-11(23(19,20)21)13(16-12(9)15-10)22(17,18)8-4-2-1-3-5-8;/h1-7H,(H,15,16)(H,19,20,21);1H. The van der Waals surface area contributed by atoms with Gasteiger partial charge in [-0.1, -0.05) is 29.8 Å². The molecule has 2 aromatic heterocycles. The number of nitrogens with zero attached hydrogens (tertiary/aromatic N) is 1. The summed E-state index contributed by atoms with van der Waals surface area (Å²) in [5, 5.41) is -0.674. The molecule has 3 rings (SSSR count). The third-order valence-electron chi connectivity index (χ3n) is 3.12. The highest BCUT2D eigenvalue weighted by atomic mass is 35.5. The van der Waals surface area contributed by atoms with Crippen LogP contribution in [0.3, 0.4) is 0 Å². The van der Waals surface area contributed by atoms with Crippen LogP contribution in [0.4, 0.5) is 0 Å². The number of aromatic nitrogens is 2. The molecule has 0 aliphatic carbocycles. The molecule has 3 aromatic rings. The molecule has 0 spiro atoms. The van der Waals surface area contributed by atoms with Gasteiger partial charge in [0.2, 0.25) is 9.84 Å². The molecule has 128 valence electrons. The Morgan fingerprint density at radius 3 is 2.21 bits per heavy atom. The first-order chi connectivity index (χ1) is 10.7. The minimum Gasteiger partial charge on any atom is -0.329 e. The Kier molecular flexibility index (Phi) is 4.93. The summed E-state index contributed by atoms with van der Waals surface area (Å²) >= 11 is 5.73. The highest BCUT2D eigenvalue weighted by molar-refractivity contribution is 7.92. The van der Waals surface area contributed by atoms with Gasteiger partial charge in [0.1, 0.15) is 15.7 Å². The van der Waals surface area contributed by atoms with Gasteiger partial charge in [-0.3, -0.25) is 4.55 Å². The van der Waals surface area contributed by atoms with Crippen LogP contribution in [-0.2, 0) is 20.0 Å². The summed E-state index contributed by atoms with van der Waals surface area (Å²) in [7, 11) is -9.02. The van der Waals surface area contributed by atoms with E-state index in [-0.39, 0.29) is 33.5 Å². The molecule has 0 unspecified atom stereocenters. The fourth-order valence-corrected chi connectivity index (χ4v) is 5.02. The van der Waals surface area contributed by atoms with Crippen molar-refractivity contribution in [1.82, 2.24) is 9.97 Å². The van der Waals surface area contributed by atoms with E-state index in [0.29, 0.717) is 0 Å². The van der Waals surface area contributed by atoms with Crippen LogP contribution in [0.25, 0.3) is 11.0 Å². The van der Waals surface area contributed by atoms with E-state index in [4.69, 9.17) is 11.6 Å². The maximum absolute atomic E-state index is 12.7. The minimum atomic E-state index is -4.81. The maximum atomic E-state index is 12.7. The first kappa shape index (κ1) is 18.7. The topological polar surface area (TPSA) is 117 Å². The van der Waals surface area contributed by atoms with Crippen molar-refractivity contribution in [3.8, 4) is 0 Å². The number of benzene rings is 1. The lowest BCUT2D eigenvalue weighted by Gasteiger charge is -2.04. The van der Waals surface area contributed by atoms with E-state index in [0.717, 1.165) is 0 Å². The Balaban J connectivity index is 0.00000208. The summed E-state index contributed by atoms with van der Waals surface area (Å²) < 4.78 is 58.2. The Morgan fingerprint density at radius 2 is 1.62 bits per heavy atom. The van der Waals surface area contributed by atoms with Crippen molar-refractivity contribution in [1.29, 1.82) is 0 Å². The first-order valence-corrected chi connectivity index (χ1v) is 9.47. The van der Waals surface area contributed by atoms with Crippen LogP contribution in [0, 0.1) is 0 Å². The predicted octanol–water partition coefficient (Wildman–Crippen LogP) is 2.72. The van der Waals surface area contributed by atoms with Crippen LogP contribution in [0.15, 0.2) is 57.3 Å². The van der Waals surface area contributed by atoms with Gasteiger partial charge < -0.3 is 4.98 Å². The second kappa shape index (κ2) is 6.34. The fraction of sp³-hybridized carbons (Fsp3) is 0. The average Bonchev–Trinajstić information content (AvgIpc) is 2.87. The molecule has 11 heteroatoms. The lowest BCUT2D eigenvalue weighted by atomic mass is 10.3. The first-order valence-electron chi connectivity index (χ1n) is 6.17. The number of halogens is 2. The monoisotopic (exact) mass is 408 g/mol.